The number of aromatic carboxylic acids is 1. The van der Waals surface area contributed by atoms with Gasteiger partial charge in [0.25, 0.3) is 10.0 Å². The third-order valence-corrected chi connectivity index (χ3v) is 5.22. The topological polar surface area (TPSA) is 79.6 Å². The number of benzene rings is 1. The number of aryl methyl sites for hydroxylation is 1. The van der Waals surface area contributed by atoms with Crippen molar-refractivity contribution in [3.8, 4) is 0 Å². The summed E-state index contributed by atoms with van der Waals surface area (Å²) in [7, 11) is -3.80. The third kappa shape index (κ3) is 2.85. The minimum Gasteiger partial charge on any atom is -0.477 e. The first-order chi connectivity index (χ1) is 10.4. The maximum Gasteiger partial charge on any atom is 0.352 e. The maximum absolute atomic E-state index is 12.8. The molecule has 2 rings (SSSR count). The van der Waals surface area contributed by atoms with Crippen LogP contribution < -0.4 is 4.31 Å². The lowest BCUT2D eigenvalue weighted by Gasteiger charge is -2.22. The van der Waals surface area contributed by atoms with Crippen molar-refractivity contribution in [3.63, 3.8) is 0 Å². The molecule has 0 aliphatic heterocycles. The van der Waals surface area contributed by atoms with Crippen LogP contribution in [0.5, 0.6) is 0 Å². The molecule has 0 saturated carbocycles. The van der Waals surface area contributed by atoms with Gasteiger partial charge in [-0.3, -0.25) is 4.31 Å². The lowest BCUT2D eigenvalue weighted by atomic mass is 10.3. The fourth-order valence-corrected chi connectivity index (χ4v) is 3.79. The van der Waals surface area contributed by atoms with Gasteiger partial charge in [0.1, 0.15) is 10.6 Å². The molecule has 1 aromatic heterocycles. The monoisotopic (exact) mass is 322 g/mol. The molecule has 118 valence electrons. The summed E-state index contributed by atoms with van der Waals surface area (Å²) in [5, 5.41) is 9.16. The molecule has 6 nitrogen and oxygen atoms in total. The van der Waals surface area contributed by atoms with E-state index in [1.165, 1.54) is 21.1 Å². The van der Waals surface area contributed by atoms with E-state index in [0.29, 0.717) is 12.2 Å². The van der Waals surface area contributed by atoms with Gasteiger partial charge >= 0.3 is 5.97 Å². The number of carbonyl (C=O) groups is 1. The van der Waals surface area contributed by atoms with Crippen molar-refractivity contribution in [1.29, 1.82) is 0 Å². The van der Waals surface area contributed by atoms with Crippen LogP contribution in [-0.2, 0) is 16.6 Å². The van der Waals surface area contributed by atoms with Crippen LogP contribution in [0.15, 0.2) is 47.5 Å². The predicted octanol–water partition coefficient (Wildman–Crippen LogP) is 2.42. The number of rotatable bonds is 6. The van der Waals surface area contributed by atoms with E-state index in [1.54, 1.807) is 44.2 Å². The summed E-state index contributed by atoms with van der Waals surface area (Å²) in [6.07, 6.45) is 1.37. The number of carboxylic acids is 1. The maximum atomic E-state index is 12.8. The average Bonchev–Trinajstić information content (AvgIpc) is 2.94. The number of anilines is 1. The van der Waals surface area contributed by atoms with Gasteiger partial charge in [0, 0.05) is 19.3 Å². The van der Waals surface area contributed by atoms with Crippen LogP contribution in [0.25, 0.3) is 0 Å². The molecule has 0 aliphatic rings. The summed E-state index contributed by atoms with van der Waals surface area (Å²) in [5.41, 5.74) is 0.510. The molecular formula is C15H18N2O4S. The molecule has 22 heavy (non-hydrogen) atoms. The summed E-state index contributed by atoms with van der Waals surface area (Å²) < 4.78 is 28.2. The van der Waals surface area contributed by atoms with Crippen molar-refractivity contribution in [1.82, 2.24) is 4.57 Å². The molecule has 0 radical (unpaired) electrons. The minimum atomic E-state index is -3.80. The number of aromatic nitrogens is 1. The van der Waals surface area contributed by atoms with Gasteiger partial charge in [-0.05, 0) is 32.0 Å². The van der Waals surface area contributed by atoms with Crippen molar-refractivity contribution in [2.24, 2.45) is 0 Å². The van der Waals surface area contributed by atoms with E-state index in [1.807, 2.05) is 0 Å². The van der Waals surface area contributed by atoms with E-state index in [2.05, 4.69) is 0 Å². The molecular weight excluding hydrogens is 304 g/mol. The summed E-state index contributed by atoms with van der Waals surface area (Å²) >= 11 is 0. The highest BCUT2D eigenvalue weighted by molar-refractivity contribution is 7.92. The van der Waals surface area contributed by atoms with Crippen LogP contribution in [-0.4, -0.2) is 30.6 Å². The zero-order valence-electron chi connectivity index (χ0n) is 12.4. The second kappa shape index (κ2) is 6.23. The Bertz CT molecular complexity index is 766. The number of carboxylic acid groups (broad SMARTS) is 1. The smallest absolute Gasteiger partial charge is 0.352 e. The van der Waals surface area contributed by atoms with Crippen LogP contribution in [0.3, 0.4) is 0 Å². The number of sulfonamides is 1. The molecule has 7 heteroatoms. The van der Waals surface area contributed by atoms with Crippen molar-refractivity contribution in [3.05, 3.63) is 48.3 Å². The Kier molecular flexibility index (Phi) is 4.56. The van der Waals surface area contributed by atoms with Crippen molar-refractivity contribution < 1.29 is 18.3 Å². The van der Waals surface area contributed by atoms with E-state index < -0.39 is 16.0 Å². The third-order valence-electron chi connectivity index (χ3n) is 3.35. The molecule has 0 atom stereocenters. The quantitative estimate of drug-likeness (QED) is 0.886. The highest BCUT2D eigenvalue weighted by Crippen LogP contribution is 2.24. The molecule has 0 aliphatic carbocycles. The van der Waals surface area contributed by atoms with Gasteiger partial charge in [-0.25, -0.2) is 13.2 Å². The molecule has 0 bridgehead atoms. The molecule has 1 aromatic carbocycles. The molecule has 1 N–H and O–H groups in total. The van der Waals surface area contributed by atoms with Crippen molar-refractivity contribution in [2.45, 2.75) is 25.3 Å². The Morgan fingerprint density at radius 1 is 1.23 bits per heavy atom. The molecule has 0 amide bonds. The molecule has 1 heterocycles. The Hall–Kier alpha value is -2.28. The normalized spacial score (nSPS) is 11.4. The van der Waals surface area contributed by atoms with Crippen LogP contribution in [0.4, 0.5) is 5.69 Å². The number of hydrogen-bond donors (Lipinski definition) is 1. The van der Waals surface area contributed by atoms with Crippen LogP contribution >= 0.6 is 0 Å². The number of para-hydroxylation sites is 1. The highest BCUT2D eigenvalue weighted by atomic mass is 32.2. The molecule has 2 aromatic rings. The Balaban J connectivity index is 2.52. The Morgan fingerprint density at radius 2 is 1.86 bits per heavy atom. The van der Waals surface area contributed by atoms with Gasteiger partial charge in [0.15, 0.2) is 0 Å². The second-order valence-electron chi connectivity index (χ2n) is 4.66. The van der Waals surface area contributed by atoms with Gasteiger partial charge in [-0.15, -0.1) is 0 Å². The van der Waals surface area contributed by atoms with Gasteiger partial charge < -0.3 is 9.67 Å². The highest BCUT2D eigenvalue weighted by Gasteiger charge is 2.27. The fraction of sp³-hybridized carbons (Fsp3) is 0.267. The van der Waals surface area contributed by atoms with E-state index in [-0.39, 0.29) is 17.1 Å². The fourth-order valence-electron chi connectivity index (χ4n) is 2.28. The molecule has 0 fully saturated rings. The van der Waals surface area contributed by atoms with Crippen LogP contribution in [0.1, 0.15) is 24.3 Å². The standard InChI is InChI=1S/C15H18N2O4S/c1-3-16-11-13(10-14(16)15(18)19)22(20,21)17(4-2)12-8-6-5-7-9-12/h5-11H,3-4H2,1-2H3,(H,18,19). The number of hydrogen-bond acceptors (Lipinski definition) is 3. The summed E-state index contributed by atoms with van der Waals surface area (Å²) in [6.45, 7) is 4.14. The van der Waals surface area contributed by atoms with Crippen molar-refractivity contribution in [2.75, 3.05) is 10.8 Å². The van der Waals surface area contributed by atoms with E-state index in [0.717, 1.165) is 0 Å². The largest absolute Gasteiger partial charge is 0.477 e. The van der Waals surface area contributed by atoms with E-state index in [4.69, 9.17) is 5.11 Å². The number of nitrogens with zero attached hydrogens (tertiary/aromatic N) is 2. The predicted molar refractivity (Wildman–Crippen MR) is 83.7 cm³/mol. The van der Waals surface area contributed by atoms with E-state index in [9.17, 15) is 13.2 Å². The zero-order valence-corrected chi connectivity index (χ0v) is 13.2. The molecule has 0 unspecified atom stereocenters. The SMILES string of the molecule is CCN(c1ccccc1)S(=O)(=O)c1cc(C(=O)O)n(CC)c1. The first-order valence-electron chi connectivity index (χ1n) is 6.93. The first kappa shape index (κ1) is 16.1. The van der Waals surface area contributed by atoms with Crippen LogP contribution in [0.2, 0.25) is 0 Å². The average molecular weight is 322 g/mol. The Labute approximate surface area is 129 Å². The van der Waals surface area contributed by atoms with E-state index >= 15 is 0 Å². The van der Waals surface area contributed by atoms with Gasteiger partial charge in [0.2, 0.25) is 0 Å². The van der Waals surface area contributed by atoms with Crippen LogP contribution in [0, 0.1) is 0 Å². The summed E-state index contributed by atoms with van der Waals surface area (Å²) in [4.78, 5) is 11.2. The molecule has 0 saturated heterocycles. The summed E-state index contributed by atoms with van der Waals surface area (Å²) in [5.74, 6) is -1.15. The van der Waals surface area contributed by atoms with Crippen molar-refractivity contribution >= 4 is 21.7 Å². The lowest BCUT2D eigenvalue weighted by molar-refractivity contribution is 0.0685. The second-order valence-corrected chi connectivity index (χ2v) is 6.52. The molecule has 0 spiro atoms. The lowest BCUT2D eigenvalue weighted by Crippen LogP contribution is -2.30. The van der Waals surface area contributed by atoms with Gasteiger partial charge in [-0.1, -0.05) is 18.2 Å². The van der Waals surface area contributed by atoms with Gasteiger partial charge in [0.05, 0.1) is 5.69 Å². The minimum absolute atomic E-state index is 0.0162. The zero-order chi connectivity index (χ0) is 16.3. The first-order valence-corrected chi connectivity index (χ1v) is 8.37. The van der Waals surface area contributed by atoms with Gasteiger partial charge in [-0.2, -0.15) is 0 Å². The summed E-state index contributed by atoms with van der Waals surface area (Å²) in [6, 6.07) is 9.93. The Morgan fingerprint density at radius 3 is 2.32 bits per heavy atom.